The van der Waals surface area contributed by atoms with Gasteiger partial charge in [0.1, 0.15) is 22.4 Å². The monoisotopic (exact) mass is 537 g/mol. The van der Waals surface area contributed by atoms with Crippen LogP contribution in [0.2, 0.25) is 0 Å². The highest BCUT2D eigenvalue weighted by Crippen LogP contribution is 2.36. The topological polar surface area (TPSA) is 47.4 Å². The van der Waals surface area contributed by atoms with Crippen LogP contribution in [0.4, 0.5) is 0 Å². The Labute approximate surface area is 232 Å². The molecule has 0 spiro atoms. The molecule has 1 fully saturated rings. The molecular formula is C31H27N3O2S2. The van der Waals surface area contributed by atoms with Crippen molar-refractivity contribution in [3.63, 3.8) is 0 Å². The number of carbonyl (C=O) groups is 1. The van der Waals surface area contributed by atoms with Crippen LogP contribution in [0.15, 0.2) is 96.6 Å². The summed E-state index contributed by atoms with van der Waals surface area (Å²) in [5, 5.41) is 4.91. The molecule has 0 radical (unpaired) electrons. The number of hydrogen-bond acceptors (Lipinski definition) is 5. The van der Waals surface area contributed by atoms with Gasteiger partial charge in [-0.25, -0.2) is 4.68 Å². The van der Waals surface area contributed by atoms with Gasteiger partial charge in [0.2, 0.25) is 0 Å². The average Bonchev–Trinajstić information content (AvgIpc) is 3.46. The first-order valence-electron chi connectivity index (χ1n) is 12.2. The lowest BCUT2D eigenvalue weighted by molar-refractivity contribution is -0.122. The Balaban J connectivity index is 1.51. The van der Waals surface area contributed by atoms with Crippen LogP contribution < -0.4 is 4.74 Å². The first-order chi connectivity index (χ1) is 18.4. The molecule has 1 saturated heterocycles. The molecule has 0 saturated carbocycles. The molecule has 7 heteroatoms. The predicted octanol–water partition coefficient (Wildman–Crippen LogP) is 7.12. The summed E-state index contributed by atoms with van der Waals surface area (Å²) in [6.45, 7) is 8.66. The molecule has 38 heavy (non-hydrogen) atoms. The Morgan fingerprint density at radius 2 is 1.82 bits per heavy atom. The molecule has 5 rings (SSSR count). The van der Waals surface area contributed by atoms with Gasteiger partial charge < -0.3 is 4.74 Å². The van der Waals surface area contributed by atoms with Crippen molar-refractivity contribution in [2.24, 2.45) is 0 Å². The van der Waals surface area contributed by atoms with E-state index in [1.165, 1.54) is 17.3 Å². The molecule has 1 aliphatic heterocycles. The number of rotatable bonds is 8. The zero-order valence-electron chi connectivity index (χ0n) is 21.3. The lowest BCUT2D eigenvalue weighted by atomic mass is 10.0. The number of benzene rings is 3. The lowest BCUT2D eigenvalue weighted by Crippen LogP contribution is -2.27. The van der Waals surface area contributed by atoms with Gasteiger partial charge in [-0.3, -0.25) is 9.69 Å². The van der Waals surface area contributed by atoms with E-state index in [-0.39, 0.29) is 5.91 Å². The predicted molar refractivity (Wildman–Crippen MR) is 159 cm³/mol. The van der Waals surface area contributed by atoms with E-state index in [1.807, 2.05) is 97.5 Å². The Bertz CT molecular complexity index is 1540. The summed E-state index contributed by atoms with van der Waals surface area (Å²) < 4.78 is 8.15. The molecule has 0 aliphatic carbocycles. The molecule has 190 valence electrons. The fraction of sp³-hybridized carbons (Fsp3) is 0.129. The molecule has 0 atom stereocenters. The minimum Gasteiger partial charge on any atom is -0.489 e. The number of thiocarbonyl (C=S) groups is 1. The van der Waals surface area contributed by atoms with Crippen LogP contribution in [0, 0.1) is 13.8 Å². The van der Waals surface area contributed by atoms with E-state index in [0.717, 1.165) is 39.4 Å². The van der Waals surface area contributed by atoms with Gasteiger partial charge in [0.25, 0.3) is 5.91 Å². The van der Waals surface area contributed by atoms with Gasteiger partial charge in [0.15, 0.2) is 0 Å². The van der Waals surface area contributed by atoms with Crippen molar-refractivity contribution in [2.45, 2.75) is 20.4 Å². The zero-order chi connectivity index (χ0) is 26.6. The maximum absolute atomic E-state index is 13.4. The van der Waals surface area contributed by atoms with Crippen molar-refractivity contribution in [1.82, 2.24) is 14.7 Å². The number of para-hydroxylation sites is 1. The third-order valence-electron chi connectivity index (χ3n) is 6.19. The van der Waals surface area contributed by atoms with Crippen LogP contribution in [0.1, 0.15) is 22.3 Å². The number of nitrogens with zero attached hydrogens (tertiary/aromatic N) is 3. The van der Waals surface area contributed by atoms with E-state index in [1.54, 1.807) is 11.0 Å². The van der Waals surface area contributed by atoms with Gasteiger partial charge in [0.05, 0.1) is 17.1 Å². The van der Waals surface area contributed by atoms with Gasteiger partial charge in [-0.1, -0.05) is 84.7 Å². The summed E-state index contributed by atoms with van der Waals surface area (Å²) in [5.74, 6) is 0.706. The van der Waals surface area contributed by atoms with Crippen molar-refractivity contribution in [3.05, 3.63) is 119 Å². The Morgan fingerprint density at radius 1 is 1.05 bits per heavy atom. The largest absolute Gasteiger partial charge is 0.489 e. The van der Waals surface area contributed by atoms with Gasteiger partial charge in [-0.15, -0.1) is 0 Å². The first-order valence-corrected chi connectivity index (χ1v) is 13.5. The molecule has 4 aromatic rings. The van der Waals surface area contributed by atoms with Gasteiger partial charge in [-0.05, 0) is 61.4 Å². The molecule has 0 N–H and O–H groups in total. The van der Waals surface area contributed by atoms with Crippen LogP contribution in [0.5, 0.6) is 5.75 Å². The maximum atomic E-state index is 13.4. The molecule has 1 aliphatic rings. The number of aryl methyl sites for hydroxylation is 2. The molecule has 2 heterocycles. The van der Waals surface area contributed by atoms with Crippen molar-refractivity contribution >= 4 is 40.3 Å². The van der Waals surface area contributed by atoms with Crippen LogP contribution in [-0.4, -0.2) is 31.5 Å². The van der Waals surface area contributed by atoms with Crippen LogP contribution in [0.3, 0.4) is 0 Å². The normalized spacial score (nSPS) is 14.4. The van der Waals surface area contributed by atoms with E-state index in [2.05, 4.69) is 12.6 Å². The fourth-order valence-corrected chi connectivity index (χ4v) is 5.44. The molecule has 3 aromatic carbocycles. The highest BCUT2D eigenvalue weighted by Gasteiger charge is 2.32. The molecule has 5 nitrogen and oxygen atoms in total. The second-order valence-electron chi connectivity index (χ2n) is 9.05. The maximum Gasteiger partial charge on any atom is 0.266 e. The van der Waals surface area contributed by atoms with Crippen molar-refractivity contribution in [2.75, 3.05) is 6.61 Å². The second kappa shape index (κ2) is 11.2. The van der Waals surface area contributed by atoms with E-state index in [4.69, 9.17) is 22.1 Å². The quantitative estimate of drug-likeness (QED) is 0.136. The number of ether oxygens (including phenoxy) is 1. The third-order valence-corrected chi connectivity index (χ3v) is 7.57. The molecular weight excluding hydrogens is 510 g/mol. The Kier molecular flexibility index (Phi) is 7.58. The summed E-state index contributed by atoms with van der Waals surface area (Å²) >= 11 is 6.92. The molecule has 1 aromatic heterocycles. The van der Waals surface area contributed by atoms with Crippen LogP contribution in [0.25, 0.3) is 23.0 Å². The van der Waals surface area contributed by atoms with Crippen molar-refractivity contribution in [3.8, 4) is 22.7 Å². The highest BCUT2D eigenvalue weighted by atomic mass is 32.2. The van der Waals surface area contributed by atoms with E-state index < -0.39 is 0 Å². The van der Waals surface area contributed by atoms with E-state index in [0.29, 0.717) is 22.4 Å². The number of carbonyl (C=O) groups excluding carboxylic acids is 1. The van der Waals surface area contributed by atoms with Gasteiger partial charge in [0, 0.05) is 17.3 Å². The second-order valence-corrected chi connectivity index (χ2v) is 10.7. The highest BCUT2D eigenvalue weighted by molar-refractivity contribution is 8.26. The fourth-order valence-electron chi connectivity index (χ4n) is 4.19. The smallest absolute Gasteiger partial charge is 0.266 e. The number of thioether (sulfide) groups is 1. The molecule has 0 bridgehead atoms. The lowest BCUT2D eigenvalue weighted by Gasteiger charge is -2.14. The standard InChI is InChI=1S/C31H27N3O2S2/c1-4-16-36-27-15-14-24(17-22(27)3)29-25(20-34(32-29)26-8-6-5-7-9-26)18-28-30(35)33(31(37)38-28)19-23-12-10-21(2)11-13-23/h4-15,17-18,20H,1,16,19H2,2-3H3/b28-18-. The van der Waals surface area contributed by atoms with E-state index >= 15 is 0 Å². The summed E-state index contributed by atoms with van der Waals surface area (Å²) in [5.41, 5.74) is 6.69. The van der Waals surface area contributed by atoms with Gasteiger partial charge in [-0.2, -0.15) is 5.10 Å². The number of aromatic nitrogens is 2. The minimum atomic E-state index is -0.0941. The number of amides is 1. The van der Waals surface area contributed by atoms with Crippen LogP contribution >= 0.6 is 24.0 Å². The minimum absolute atomic E-state index is 0.0941. The van der Waals surface area contributed by atoms with E-state index in [9.17, 15) is 4.79 Å². The average molecular weight is 538 g/mol. The molecule has 1 amide bonds. The summed E-state index contributed by atoms with van der Waals surface area (Å²) in [4.78, 5) is 15.7. The van der Waals surface area contributed by atoms with Crippen molar-refractivity contribution < 1.29 is 9.53 Å². The molecule has 0 unspecified atom stereocenters. The Morgan fingerprint density at radius 3 is 2.53 bits per heavy atom. The van der Waals surface area contributed by atoms with Crippen LogP contribution in [-0.2, 0) is 11.3 Å². The summed E-state index contributed by atoms with van der Waals surface area (Å²) in [6.07, 6.45) is 5.57. The number of hydrogen-bond donors (Lipinski definition) is 0. The SMILES string of the molecule is C=CCOc1ccc(-c2nn(-c3ccccc3)cc2/C=C2\SC(=S)N(Cc3ccc(C)cc3)C2=O)cc1C. The van der Waals surface area contributed by atoms with Gasteiger partial charge >= 0.3 is 0 Å². The Hall–Kier alpha value is -3.94. The van der Waals surface area contributed by atoms with Crippen molar-refractivity contribution in [1.29, 1.82) is 0 Å². The summed E-state index contributed by atoms with van der Waals surface area (Å²) in [7, 11) is 0. The zero-order valence-corrected chi connectivity index (χ0v) is 22.9. The summed E-state index contributed by atoms with van der Waals surface area (Å²) in [6, 6.07) is 24.1. The first kappa shape index (κ1) is 25.7. The third kappa shape index (κ3) is 5.49.